The van der Waals surface area contributed by atoms with Crippen molar-refractivity contribution in [2.45, 2.75) is 0 Å². The van der Waals surface area contributed by atoms with E-state index in [0.29, 0.717) is 5.56 Å². The first kappa shape index (κ1) is 8.67. The third-order valence-electron chi connectivity index (χ3n) is 1.08. The molecule has 12 heavy (non-hydrogen) atoms. The number of amides is 1. The molecule has 62 valence electrons. The molecule has 1 amide bonds. The van der Waals surface area contributed by atoms with Gasteiger partial charge in [-0.15, -0.1) is 0 Å². The number of carbonyl (C=O) groups excluding carboxylic acids is 1. The van der Waals surface area contributed by atoms with Crippen molar-refractivity contribution in [3.8, 4) is 0 Å². The fourth-order valence-corrected chi connectivity index (χ4v) is 0.684. The molecule has 0 bridgehead atoms. The number of primary amides is 1. The Morgan fingerprint density at radius 3 is 2.58 bits per heavy atom. The first-order valence-electron chi connectivity index (χ1n) is 3.13. The number of nitrogens with zero attached hydrogens (tertiary/aromatic N) is 2. The summed E-state index contributed by atoms with van der Waals surface area (Å²) in [6, 6.07) is 0. The second-order valence-electron chi connectivity index (χ2n) is 2.02. The maximum atomic E-state index is 10.3. The van der Waals surface area contributed by atoms with Gasteiger partial charge in [-0.2, -0.15) is 0 Å². The monoisotopic (exact) mass is 183 g/mol. The number of halogens is 1. The Kier molecular flexibility index (Phi) is 2.76. The summed E-state index contributed by atoms with van der Waals surface area (Å²) in [5.41, 5.74) is 5.56. The molecule has 0 radical (unpaired) electrons. The van der Waals surface area contributed by atoms with E-state index in [0.717, 1.165) is 0 Å². The zero-order valence-electron chi connectivity index (χ0n) is 6.07. The van der Waals surface area contributed by atoms with Gasteiger partial charge in [0.05, 0.1) is 0 Å². The zero-order valence-corrected chi connectivity index (χ0v) is 6.82. The molecule has 0 aliphatic carbocycles. The Balaban J connectivity index is 2.77. The summed E-state index contributed by atoms with van der Waals surface area (Å²) in [5, 5.41) is 0.172. The SMILES string of the molecule is NC(=O)C=Cc1cnc(Cl)nc1. The molecule has 0 fully saturated rings. The van der Waals surface area contributed by atoms with Crippen molar-refractivity contribution in [1.82, 2.24) is 9.97 Å². The highest BCUT2D eigenvalue weighted by molar-refractivity contribution is 6.28. The van der Waals surface area contributed by atoms with Crippen LogP contribution in [0.15, 0.2) is 18.5 Å². The van der Waals surface area contributed by atoms with Crippen molar-refractivity contribution in [2.24, 2.45) is 5.73 Å². The van der Waals surface area contributed by atoms with Gasteiger partial charge in [0.1, 0.15) is 0 Å². The molecule has 0 spiro atoms. The lowest BCUT2D eigenvalue weighted by Crippen LogP contribution is -2.05. The van der Waals surface area contributed by atoms with Crippen molar-refractivity contribution in [2.75, 3.05) is 0 Å². The van der Waals surface area contributed by atoms with E-state index < -0.39 is 5.91 Å². The minimum absolute atomic E-state index is 0.172. The van der Waals surface area contributed by atoms with Crippen molar-refractivity contribution >= 4 is 23.6 Å². The summed E-state index contributed by atoms with van der Waals surface area (Å²) in [6.45, 7) is 0. The van der Waals surface area contributed by atoms with Gasteiger partial charge in [0.2, 0.25) is 11.2 Å². The number of hydrogen-bond acceptors (Lipinski definition) is 3. The van der Waals surface area contributed by atoms with Crippen LogP contribution in [0.5, 0.6) is 0 Å². The maximum absolute atomic E-state index is 10.3. The second-order valence-corrected chi connectivity index (χ2v) is 2.36. The van der Waals surface area contributed by atoms with Gasteiger partial charge in [0, 0.05) is 24.0 Å². The summed E-state index contributed by atoms with van der Waals surface area (Å²) in [5.74, 6) is -0.509. The molecule has 0 atom stereocenters. The van der Waals surface area contributed by atoms with Crippen molar-refractivity contribution < 1.29 is 4.79 Å². The number of carbonyl (C=O) groups is 1. The lowest BCUT2D eigenvalue weighted by atomic mass is 10.3. The van der Waals surface area contributed by atoms with Crippen molar-refractivity contribution in [1.29, 1.82) is 0 Å². The van der Waals surface area contributed by atoms with Gasteiger partial charge < -0.3 is 5.73 Å². The summed E-state index contributed by atoms with van der Waals surface area (Å²) < 4.78 is 0. The van der Waals surface area contributed by atoms with E-state index in [-0.39, 0.29) is 5.28 Å². The van der Waals surface area contributed by atoms with Crippen LogP contribution in [0.4, 0.5) is 0 Å². The number of hydrogen-bond donors (Lipinski definition) is 1. The number of aromatic nitrogens is 2. The van der Waals surface area contributed by atoms with Crippen LogP contribution in [0.25, 0.3) is 6.08 Å². The van der Waals surface area contributed by atoms with E-state index in [9.17, 15) is 4.79 Å². The first-order valence-corrected chi connectivity index (χ1v) is 3.51. The Morgan fingerprint density at radius 1 is 1.50 bits per heavy atom. The lowest BCUT2D eigenvalue weighted by Gasteiger charge is -1.90. The molecule has 0 aromatic carbocycles. The molecule has 0 saturated carbocycles. The summed E-state index contributed by atoms with van der Waals surface area (Å²) >= 11 is 5.44. The molecule has 0 unspecified atom stereocenters. The predicted octanol–water partition coefficient (Wildman–Crippen LogP) is 0.628. The van der Waals surface area contributed by atoms with Crippen LogP contribution in [-0.4, -0.2) is 15.9 Å². The molecule has 1 heterocycles. The van der Waals surface area contributed by atoms with Gasteiger partial charge in [-0.3, -0.25) is 4.79 Å². The van der Waals surface area contributed by atoms with Gasteiger partial charge in [-0.05, 0) is 17.7 Å². The van der Waals surface area contributed by atoms with Crippen LogP contribution in [0.1, 0.15) is 5.56 Å². The summed E-state index contributed by atoms with van der Waals surface area (Å²) in [4.78, 5) is 17.7. The average Bonchev–Trinajstić information content (AvgIpc) is 2.03. The van der Waals surface area contributed by atoms with Crippen LogP contribution in [0, 0.1) is 0 Å². The van der Waals surface area contributed by atoms with Gasteiger partial charge in [-0.25, -0.2) is 9.97 Å². The first-order chi connectivity index (χ1) is 5.68. The maximum Gasteiger partial charge on any atom is 0.241 e. The van der Waals surface area contributed by atoms with Crippen LogP contribution < -0.4 is 5.73 Å². The average molecular weight is 184 g/mol. The second kappa shape index (κ2) is 3.82. The molecule has 1 aromatic rings. The highest BCUT2D eigenvalue weighted by Gasteiger charge is 1.90. The Hall–Kier alpha value is -1.42. The van der Waals surface area contributed by atoms with Gasteiger partial charge in [-0.1, -0.05) is 0 Å². The predicted molar refractivity (Wildman–Crippen MR) is 45.3 cm³/mol. The molecular weight excluding hydrogens is 178 g/mol. The van der Waals surface area contributed by atoms with Gasteiger partial charge in [0.25, 0.3) is 0 Å². The smallest absolute Gasteiger partial charge is 0.241 e. The van der Waals surface area contributed by atoms with Crippen molar-refractivity contribution in [3.05, 3.63) is 29.3 Å². The largest absolute Gasteiger partial charge is 0.366 e. The third-order valence-corrected chi connectivity index (χ3v) is 1.28. The quantitative estimate of drug-likeness (QED) is 0.540. The molecule has 0 aliphatic rings. The van der Waals surface area contributed by atoms with E-state index in [4.69, 9.17) is 17.3 Å². The highest BCUT2D eigenvalue weighted by Crippen LogP contribution is 2.01. The zero-order chi connectivity index (χ0) is 8.97. The van der Waals surface area contributed by atoms with Crippen LogP contribution in [0.3, 0.4) is 0 Å². The standard InChI is InChI=1S/C7H6ClN3O/c8-7-10-3-5(4-11-7)1-2-6(9)12/h1-4H,(H2,9,12). The van der Waals surface area contributed by atoms with Crippen molar-refractivity contribution in [3.63, 3.8) is 0 Å². The fraction of sp³-hybridized carbons (Fsp3) is 0. The Morgan fingerprint density at radius 2 is 2.08 bits per heavy atom. The van der Waals surface area contributed by atoms with Gasteiger partial charge >= 0.3 is 0 Å². The molecule has 0 saturated heterocycles. The van der Waals surface area contributed by atoms with Gasteiger partial charge in [0.15, 0.2) is 0 Å². The third kappa shape index (κ3) is 2.67. The molecule has 0 aliphatic heterocycles. The molecule has 2 N–H and O–H groups in total. The van der Waals surface area contributed by atoms with Crippen LogP contribution in [-0.2, 0) is 4.79 Å². The molecular formula is C7H6ClN3O. The highest BCUT2D eigenvalue weighted by atomic mass is 35.5. The Bertz CT molecular complexity index is 307. The molecule has 5 heteroatoms. The fourth-order valence-electron chi connectivity index (χ4n) is 0.587. The topological polar surface area (TPSA) is 68.9 Å². The minimum Gasteiger partial charge on any atom is -0.366 e. The Labute approximate surface area is 74.1 Å². The van der Waals surface area contributed by atoms with E-state index in [2.05, 4.69) is 9.97 Å². The van der Waals surface area contributed by atoms with Crippen LogP contribution >= 0.6 is 11.6 Å². The van der Waals surface area contributed by atoms with Crippen LogP contribution in [0.2, 0.25) is 5.28 Å². The summed E-state index contributed by atoms with van der Waals surface area (Å²) in [6.07, 6.45) is 5.73. The summed E-state index contributed by atoms with van der Waals surface area (Å²) in [7, 11) is 0. The van der Waals surface area contributed by atoms with E-state index in [1.54, 1.807) is 0 Å². The molecule has 4 nitrogen and oxygen atoms in total. The van der Waals surface area contributed by atoms with E-state index in [1.807, 2.05) is 0 Å². The normalized spacial score (nSPS) is 10.4. The number of nitrogens with two attached hydrogens (primary N) is 1. The van der Waals surface area contributed by atoms with E-state index >= 15 is 0 Å². The number of rotatable bonds is 2. The van der Waals surface area contributed by atoms with E-state index in [1.165, 1.54) is 24.5 Å². The minimum atomic E-state index is -0.509. The molecule has 1 rings (SSSR count). The molecule has 1 aromatic heterocycles. The lowest BCUT2D eigenvalue weighted by molar-refractivity contribution is -0.113.